The zero-order chi connectivity index (χ0) is 22.0. The first-order chi connectivity index (χ1) is 14.8. The molecule has 1 unspecified atom stereocenters. The number of β-amino-alcohol motifs (C(OH)–C–C–N with tert-alkyl or cyclic N) is 1. The van der Waals surface area contributed by atoms with Crippen molar-refractivity contribution in [3.05, 3.63) is 66.2 Å². The molecule has 1 aliphatic heterocycles. The minimum atomic E-state index is -3.66. The number of nitrogens with zero attached hydrogens (tertiary/aromatic N) is 3. The molecule has 4 N–H and O–H groups in total. The lowest BCUT2D eigenvalue weighted by Gasteiger charge is -2.30. The minimum Gasteiger partial charge on any atom is -0.382 e. The van der Waals surface area contributed by atoms with Crippen LogP contribution in [0.3, 0.4) is 0 Å². The van der Waals surface area contributed by atoms with Gasteiger partial charge in [-0.1, -0.05) is 30.3 Å². The number of aromatic nitrogens is 2. The standard InChI is InChI=1S/C21H22FN5O3S/c22-18-9-14(5-6-17(18)19-10-26-20(23)11-25-19)16-4-2-1-3-15(16)13-31(29,30)27-8-7-24-21(28)12-27/h1-6,9-11,21,24,28H,7-8,12-13H2,(H2,23,26). The number of hydrogen-bond donors (Lipinski definition) is 3. The van der Waals surface area contributed by atoms with E-state index >= 15 is 0 Å². The summed E-state index contributed by atoms with van der Waals surface area (Å²) in [5.41, 5.74) is 7.89. The third-order valence-corrected chi connectivity index (χ3v) is 6.89. The van der Waals surface area contributed by atoms with Crippen molar-refractivity contribution in [2.75, 3.05) is 25.4 Å². The van der Waals surface area contributed by atoms with Crippen molar-refractivity contribution in [2.24, 2.45) is 0 Å². The van der Waals surface area contributed by atoms with E-state index in [0.717, 1.165) is 0 Å². The highest BCUT2D eigenvalue weighted by Crippen LogP contribution is 2.30. The van der Waals surface area contributed by atoms with Crippen LogP contribution in [0.1, 0.15) is 5.56 Å². The van der Waals surface area contributed by atoms with Crippen molar-refractivity contribution in [1.82, 2.24) is 19.6 Å². The van der Waals surface area contributed by atoms with E-state index in [1.807, 2.05) is 0 Å². The van der Waals surface area contributed by atoms with Gasteiger partial charge in [-0.15, -0.1) is 0 Å². The second-order valence-corrected chi connectivity index (χ2v) is 9.23. The van der Waals surface area contributed by atoms with Crippen molar-refractivity contribution in [3.63, 3.8) is 0 Å². The molecule has 0 bridgehead atoms. The molecule has 0 saturated carbocycles. The molecule has 0 radical (unpaired) electrons. The Kier molecular flexibility index (Phi) is 5.96. The number of hydrogen-bond acceptors (Lipinski definition) is 7. The van der Waals surface area contributed by atoms with E-state index in [0.29, 0.717) is 28.9 Å². The summed E-state index contributed by atoms with van der Waals surface area (Å²) in [6.45, 7) is 0.659. The van der Waals surface area contributed by atoms with Crippen LogP contribution in [0.4, 0.5) is 10.2 Å². The molecule has 3 aromatic rings. The third-order valence-electron chi connectivity index (χ3n) is 5.09. The van der Waals surface area contributed by atoms with Crippen LogP contribution in [0.25, 0.3) is 22.4 Å². The highest BCUT2D eigenvalue weighted by molar-refractivity contribution is 7.88. The highest BCUT2D eigenvalue weighted by Gasteiger charge is 2.28. The molecule has 10 heteroatoms. The van der Waals surface area contributed by atoms with Gasteiger partial charge in [0.15, 0.2) is 0 Å². The number of sulfonamides is 1. The molecule has 0 aliphatic carbocycles. The van der Waals surface area contributed by atoms with Gasteiger partial charge in [-0.2, -0.15) is 4.31 Å². The number of nitrogens with two attached hydrogens (primary N) is 1. The Hall–Kier alpha value is -2.92. The second kappa shape index (κ2) is 8.67. The number of aliphatic hydroxyl groups excluding tert-OH is 1. The van der Waals surface area contributed by atoms with E-state index in [9.17, 15) is 17.9 Å². The van der Waals surface area contributed by atoms with Gasteiger partial charge in [-0.3, -0.25) is 10.3 Å². The highest BCUT2D eigenvalue weighted by atomic mass is 32.2. The predicted molar refractivity (Wildman–Crippen MR) is 115 cm³/mol. The van der Waals surface area contributed by atoms with Gasteiger partial charge in [-0.05, 0) is 28.8 Å². The number of benzene rings is 2. The fraction of sp³-hybridized carbons (Fsp3) is 0.238. The summed E-state index contributed by atoms with van der Waals surface area (Å²) in [4.78, 5) is 8.03. The first-order valence-electron chi connectivity index (χ1n) is 9.68. The normalized spacial score (nSPS) is 17.5. The summed E-state index contributed by atoms with van der Waals surface area (Å²) in [6.07, 6.45) is 1.86. The maximum absolute atomic E-state index is 14.9. The summed E-state index contributed by atoms with van der Waals surface area (Å²) < 4.78 is 41.9. The first-order valence-corrected chi connectivity index (χ1v) is 11.3. The average Bonchev–Trinajstić information content (AvgIpc) is 2.75. The fourth-order valence-electron chi connectivity index (χ4n) is 3.54. The van der Waals surface area contributed by atoms with Crippen LogP contribution in [0.5, 0.6) is 0 Å². The number of anilines is 1. The van der Waals surface area contributed by atoms with Crippen LogP contribution in [-0.2, 0) is 15.8 Å². The van der Waals surface area contributed by atoms with E-state index in [4.69, 9.17) is 5.73 Å². The number of nitrogen functional groups attached to an aromatic ring is 1. The zero-order valence-electron chi connectivity index (χ0n) is 16.6. The molecular weight excluding hydrogens is 421 g/mol. The van der Waals surface area contributed by atoms with Crippen molar-refractivity contribution >= 4 is 15.8 Å². The van der Waals surface area contributed by atoms with Crippen molar-refractivity contribution in [3.8, 4) is 22.4 Å². The van der Waals surface area contributed by atoms with Gasteiger partial charge in [0.1, 0.15) is 17.9 Å². The Bertz CT molecular complexity index is 1190. The maximum Gasteiger partial charge on any atom is 0.218 e. The van der Waals surface area contributed by atoms with Gasteiger partial charge in [0, 0.05) is 18.7 Å². The molecule has 0 spiro atoms. The predicted octanol–water partition coefficient (Wildman–Crippen LogP) is 1.59. The molecule has 4 rings (SSSR count). The maximum atomic E-state index is 14.9. The Labute approximate surface area is 179 Å². The Balaban J connectivity index is 1.64. The molecule has 0 amide bonds. The molecule has 1 saturated heterocycles. The van der Waals surface area contributed by atoms with E-state index in [1.54, 1.807) is 36.4 Å². The van der Waals surface area contributed by atoms with Crippen molar-refractivity contribution < 1.29 is 17.9 Å². The molecule has 162 valence electrons. The van der Waals surface area contributed by atoms with Crippen LogP contribution < -0.4 is 11.1 Å². The summed E-state index contributed by atoms with van der Waals surface area (Å²) in [7, 11) is -3.66. The van der Waals surface area contributed by atoms with Crippen LogP contribution in [0.2, 0.25) is 0 Å². The van der Waals surface area contributed by atoms with Crippen LogP contribution in [0.15, 0.2) is 54.9 Å². The average molecular weight is 444 g/mol. The summed E-state index contributed by atoms with van der Waals surface area (Å²) >= 11 is 0. The van der Waals surface area contributed by atoms with Crippen LogP contribution in [-0.4, -0.2) is 53.7 Å². The lowest BCUT2D eigenvalue weighted by molar-refractivity contribution is 0.0879. The topological polar surface area (TPSA) is 121 Å². The fourth-order valence-corrected chi connectivity index (χ4v) is 5.11. The van der Waals surface area contributed by atoms with Crippen LogP contribution in [0, 0.1) is 5.82 Å². The lowest BCUT2D eigenvalue weighted by Crippen LogP contribution is -2.52. The quantitative estimate of drug-likeness (QED) is 0.547. The lowest BCUT2D eigenvalue weighted by atomic mass is 9.98. The summed E-state index contributed by atoms with van der Waals surface area (Å²) in [5, 5.41) is 12.5. The van der Waals surface area contributed by atoms with Gasteiger partial charge < -0.3 is 10.8 Å². The monoisotopic (exact) mass is 443 g/mol. The van der Waals surface area contributed by atoms with Crippen LogP contribution >= 0.6 is 0 Å². The number of piperazine rings is 1. The minimum absolute atomic E-state index is 0.00352. The number of aliphatic hydroxyl groups is 1. The van der Waals surface area contributed by atoms with Crippen molar-refractivity contribution in [1.29, 1.82) is 0 Å². The van der Waals surface area contributed by atoms with E-state index in [-0.39, 0.29) is 30.2 Å². The molecule has 31 heavy (non-hydrogen) atoms. The van der Waals surface area contributed by atoms with E-state index in [1.165, 1.54) is 22.8 Å². The molecule has 1 aromatic heterocycles. The molecular formula is C21H22FN5O3S. The number of halogens is 1. The Morgan fingerprint density at radius 3 is 2.68 bits per heavy atom. The summed E-state index contributed by atoms with van der Waals surface area (Å²) in [5.74, 6) is -0.504. The van der Waals surface area contributed by atoms with E-state index < -0.39 is 22.1 Å². The number of rotatable bonds is 5. The van der Waals surface area contributed by atoms with E-state index in [2.05, 4.69) is 15.3 Å². The molecule has 1 fully saturated rings. The zero-order valence-corrected chi connectivity index (χ0v) is 17.4. The second-order valence-electron chi connectivity index (χ2n) is 7.26. The largest absolute Gasteiger partial charge is 0.382 e. The van der Waals surface area contributed by atoms with Gasteiger partial charge in [-0.25, -0.2) is 17.8 Å². The molecule has 2 heterocycles. The summed E-state index contributed by atoms with van der Waals surface area (Å²) in [6, 6.07) is 11.7. The van der Waals surface area contributed by atoms with Gasteiger partial charge >= 0.3 is 0 Å². The first kappa shape index (κ1) is 21.3. The molecule has 1 atom stereocenters. The Morgan fingerprint density at radius 2 is 1.97 bits per heavy atom. The third kappa shape index (κ3) is 4.72. The van der Waals surface area contributed by atoms with Gasteiger partial charge in [0.05, 0.1) is 30.4 Å². The molecule has 1 aliphatic rings. The molecule has 8 nitrogen and oxygen atoms in total. The number of nitrogens with one attached hydrogen (secondary N) is 1. The SMILES string of the molecule is Nc1cnc(-c2ccc(-c3ccccc3CS(=O)(=O)N3CCNC(O)C3)cc2F)cn1. The van der Waals surface area contributed by atoms with Crippen molar-refractivity contribution in [2.45, 2.75) is 12.0 Å². The Morgan fingerprint density at radius 1 is 1.16 bits per heavy atom. The molecule has 2 aromatic carbocycles. The van der Waals surface area contributed by atoms with Gasteiger partial charge in [0.25, 0.3) is 0 Å². The smallest absolute Gasteiger partial charge is 0.218 e. The van der Waals surface area contributed by atoms with Gasteiger partial charge in [0.2, 0.25) is 10.0 Å².